The summed E-state index contributed by atoms with van der Waals surface area (Å²) in [6.07, 6.45) is 4.55. The number of oxime groups is 1. The Labute approximate surface area is 167 Å². The third kappa shape index (κ3) is 6.20. The number of hydrogen-bond donors (Lipinski definition) is 2. The van der Waals surface area contributed by atoms with Gasteiger partial charge in [-0.05, 0) is 31.9 Å². The molecule has 0 amide bonds. The predicted octanol–water partition coefficient (Wildman–Crippen LogP) is 4.48. The van der Waals surface area contributed by atoms with Gasteiger partial charge in [-0.2, -0.15) is 18.4 Å². The van der Waals surface area contributed by atoms with Crippen molar-refractivity contribution in [1.82, 2.24) is 4.83 Å². The van der Waals surface area contributed by atoms with Crippen LogP contribution in [0.25, 0.3) is 0 Å². The van der Waals surface area contributed by atoms with Crippen LogP contribution in [-0.4, -0.2) is 25.0 Å². The molecule has 6 nitrogen and oxygen atoms in total. The number of unbranched alkanes of at least 4 members (excludes halogenated alkanes) is 3. The van der Waals surface area contributed by atoms with Crippen LogP contribution in [-0.2, 0) is 10.0 Å². The molecule has 7 heteroatoms. The molecular weight excluding hydrogens is 374 g/mol. The monoisotopic (exact) mass is 401 g/mol. The van der Waals surface area contributed by atoms with Crippen LogP contribution in [0.15, 0.2) is 69.7 Å². The first kappa shape index (κ1) is 21.6. The first-order chi connectivity index (χ1) is 13.5. The van der Waals surface area contributed by atoms with Crippen molar-refractivity contribution in [3.8, 4) is 0 Å². The number of nitrogens with zero attached hydrogens (tertiary/aromatic N) is 2. The molecule has 28 heavy (non-hydrogen) atoms. The molecule has 2 aromatic rings. The van der Waals surface area contributed by atoms with Gasteiger partial charge in [-0.3, -0.25) is 0 Å². The van der Waals surface area contributed by atoms with E-state index in [1.165, 1.54) is 12.1 Å². The van der Waals surface area contributed by atoms with Crippen LogP contribution in [0, 0.1) is 6.92 Å². The Morgan fingerprint density at radius 2 is 1.68 bits per heavy atom. The topological polar surface area (TPSA) is 91.1 Å². The summed E-state index contributed by atoms with van der Waals surface area (Å²) in [7, 11) is -3.83. The second-order valence-electron chi connectivity index (χ2n) is 6.59. The molecule has 2 aromatic carbocycles. The van der Waals surface area contributed by atoms with Crippen molar-refractivity contribution in [2.45, 2.75) is 50.8 Å². The highest BCUT2D eigenvalue weighted by Gasteiger charge is 2.17. The third-order valence-electron chi connectivity index (χ3n) is 4.32. The average Bonchev–Trinajstić information content (AvgIpc) is 2.70. The zero-order valence-electron chi connectivity index (χ0n) is 16.3. The lowest BCUT2D eigenvalue weighted by Crippen LogP contribution is -2.24. The summed E-state index contributed by atoms with van der Waals surface area (Å²) in [5.74, 6) is 0. The summed E-state index contributed by atoms with van der Waals surface area (Å²) >= 11 is 0. The van der Waals surface area contributed by atoms with Gasteiger partial charge in [0.2, 0.25) is 0 Å². The Morgan fingerprint density at radius 1 is 1.00 bits per heavy atom. The van der Waals surface area contributed by atoms with Crippen LogP contribution < -0.4 is 4.83 Å². The Kier molecular flexibility index (Phi) is 8.19. The lowest BCUT2D eigenvalue weighted by molar-refractivity contribution is 0.318. The molecule has 0 atom stereocenters. The average molecular weight is 402 g/mol. The van der Waals surface area contributed by atoms with Crippen molar-refractivity contribution in [3.63, 3.8) is 0 Å². The van der Waals surface area contributed by atoms with E-state index in [9.17, 15) is 13.6 Å². The summed E-state index contributed by atoms with van der Waals surface area (Å²) < 4.78 is 25.1. The molecule has 0 unspecified atom stereocenters. The van der Waals surface area contributed by atoms with Crippen LogP contribution >= 0.6 is 0 Å². The molecule has 0 aliphatic rings. The molecule has 0 saturated carbocycles. The van der Waals surface area contributed by atoms with E-state index in [2.05, 4.69) is 22.0 Å². The summed E-state index contributed by atoms with van der Waals surface area (Å²) in [4.78, 5) is 2.40. The van der Waals surface area contributed by atoms with E-state index < -0.39 is 10.0 Å². The zero-order valence-corrected chi connectivity index (χ0v) is 17.1. The fraction of sp³-hybridized carbons (Fsp3) is 0.333. The van der Waals surface area contributed by atoms with Gasteiger partial charge < -0.3 is 5.21 Å². The fourth-order valence-corrected chi connectivity index (χ4v) is 3.51. The van der Waals surface area contributed by atoms with E-state index in [1.807, 2.05) is 25.1 Å². The number of benzene rings is 2. The second-order valence-corrected chi connectivity index (χ2v) is 8.25. The van der Waals surface area contributed by atoms with Crippen LogP contribution in [0.1, 0.15) is 50.2 Å². The van der Waals surface area contributed by atoms with Gasteiger partial charge in [0.05, 0.1) is 4.90 Å². The van der Waals surface area contributed by atoms with Gasteiger partial charge in [-0.25, -0.2) is 0 Å². The van der Waals surface area contributed by atoms with Crippen molar-refractivity contribution in [2.24, 2.45) is 10.3 Å². The summed E-state index contributed by atoms with van der Waals surface area (Å²) in [6, 6.07) is 15.6. The maximum absolute atomic E-state index is 12.6. The molecule has 0 fully saturated rings. The predicted molar refractivity (Wildman–Crippen MR) is 112 cm³/mol. The summed E-state index contributed by atoms with van der Waals surface area (Å²) in [5.41, 5.74) is 2.32. The molecule has 150 valence electrons. The molecule has 0 spiro atoms. The van der Waals surface area contributed by atoms with E-state index in [1.54, 1.807) is 24.3 Å². The minimum Gasteiger partial charge on any atom is -0.411 e. The number of nitrogens with one attached hydrogen (secondary N) is 1. The molecule has 0 aliphatic carbocycles. The third-order valence-corrected chi connectivity index (χ3v) is 5.54. The number of aryl methyl sites for hydroxylation is 1. The normalized spacial score (nSPS) is 12.8. The molecule has 0 aliphatic heterocycles. The first-order valence-electron chi connectivity index (χ1n) is 9.41. The zero-order chi connectivity index (χ0) is 20.4. The van der Waals surface area contributed by atoms with Gasteiger partial charge in [-0.15, -0.1) is 0 Å². The highest BCUT2D eigenvalue weighted by atomic mass is 32.2. The Bertz CT molecular complexity index is 906. The van der Waals surface area contributed by atoms with E-state index in [0.29, 0.717) is 23.4 Å². The lowest BCUT2D eigenvalue weighted by Gasteiger charge is -2.10. The lowest BCUT2D eigenvalue weighted by atomic mass is 10.0. The summed E-state index contributed by atoms with van der Waals surface area (Å²) in [5, 5.41) is 17.0. The highest BCUT2D eigenvalue weighted by molar-refractivity contribution is 7.89. The van der Waals surface area contributed by atoms with Crippen molar-refractivity contribution in [3.05, 3.63) is 65.7 Å². The molecule has 2 N–H and O–H groups in total. The van der Waals surface area contributed by atoms with Crippen molar-refractivity contribution in [2.75, 3.05) is 0 Å². The van der Waals surface area contributed by atoms with Crippen molar-refractivity contribution >= 4 is 21.4 Å². The largest absolute Gasteiger partial charge is 0.411 e. The summed E-state index contributed by atoms with van der Waals surface area (Å²) in [6.45, 7) is 4.01. The van der Waals surface area contributed by atoms with Gasteiger partial charge in [-0.1, -0.05) is 79.4 Å². The van der Waals surface area contributed by atoms with Gasteiger partial charge in [0.25, 0.3) is 10.0 Å². The fourth-order valence-electron chi connectivity index (χ4n) is 2.70. The van der Waals surface area contributed by atoms with Crippen LogP contribution in [0.2, 0.25) is 0 Å². The SMILES string of the molecule is CCCCCCC(=N\O)/C(=N\NS(=O)(=O)c1ccc(C)cc1)c1ccccc1. The number of rotatable bonds is 10. The molecule has 2 rings (SSSR count). The second kappa shape index (κ2) is 10.6. The van der Waals surface area contributed by atoms with E-state index in [4.69, 9.17) is 0 Å². The van der Waals surface area contributed by atoms with Crippen molar-refractivity contribution in [1.29, 1.82) is 0 Å². The molecule has 0 aromatic heterocycles. The minimum absolute atomic E-state index is 0.125. The van der Waals surface area contributed by atoms with Gasteiger partial charge in [0.1, 0.15) is 11.4 Å². The van der Waals surface area contributed by atoms with Gasteiger partial charge in [0.15, 0.2) is 0 Å². The number of hydrogen-bond acceptors (Lipinski definition) is 5. The molecule has 0 bridgehead atoms. The first-order valence-corrected chi connectivity index (χ1v) is 10.9. The van der Waals surface area contributed by atoms with E-state index >= 15 is 0 Å². The highest BCUT2D eigenvalue weighted by Crippen LogP contribution is 2.12. The van der Waals surface area contributed by atoms with Crippen LogP contribution in [0.3, 0.4) is 0 Å². The quantitative estimate of drug-likeness (QED) is 0.266. The van der Waals surface area contributed by atoms with Crippen molar-refractivity contribution < 1.29 is 13.6 Å². The van der Waals surface area contributed by atoms with Crippen LogP contribution in [0.4, 0.5) is 0 Å². The number of hydrazone groups is 1. The standard InChI is InChI=1S/C21H27N3O3S/c1-3-4-5-9-12-20(23-25)21(18-10-7-6-8-11-18)22-24-28(26,27)19-15-13-17(2)14-16-19/h6-8,10-11,13-16,24-25H,3-5,9,12H2,1-2H3/b22-21-,23-20+. The van der Waals surface area contributed by atoms with E-state index in [-0.39, 0.29) is 4.90 Å². The van der Waals surface area contributed by atoms with Gasteiger partial charge >= 0.3 is 0 Å². The maximum atomic E-state index is 12.6. The number of sulfonamides is 1. The Hall–Kier alpha value is -2.67. The van der Waals surface area contributed by atoms with E-state index in [0.717, 1.165) is 31.2 Å². The van der Waals surface area contributed by atoms with Crippen LogP contribution in [0.5, 0.6) is 0 Å². The molecule has 0 saturated heterocycles. The minimum atomic E-state index is -3.83. The Balaban J connectivity index is 2.29. The smallest absolute Gasteiger partial charge is 0.276 e. The molecule has 0 radical (unpaired) electrons. The van der Waals surface area contributed by atoms with Gasteiger partial charge in [0, 0.05) is 5.56 Å². The molecular formula is C21H27N3O3S. The maximum Gasteiger partial charge on any atom is 0.276 e. The molecule has 0 heterocycles. The Morgan fingerprint density at radius 3 is 2.29 bits per heavy atom.